The van der Waals surface area contributed by atoms with Gasteiger partial charge in [0, 0.05) is 20.1 Å². The molecule has 0 aliphatic heterocycles. The normalized spacial score (nSPS) is 10.9. The number of benzene rings is 1. The molecule has 3 nitrogen and oxygen atoms in total. The Morgan fingerprint density at radius 2 is 1.95 bits per heavy atom. The van der Waals surface area contributed by atoms with E-state index in [0.717, 1.165) is 17.5 Å². The fraction of sp³-hybridized carbons (Fsp3) is 0.500. The predicted octanol–water partition coefficient (Wildman–Crippen LogP) is 2.82. The van der Waals surface area contributed by atoms with E-state index in [1.165, 1.54) is 12.1 Å². The SMILES string of the molecule is CN=C(NCCCF)NCCc1ccc(F)cc1C.I. The quantitative estimate of drug-likeness (QED) is 0.335. The Kier molecular flexibility index (Phi) is 10.3. The first-order valence-electron chi connectivity index (χ1n) is 6.43. The minimum Gasteiger partial charge on any atom is -0.356 e. The van der Waals surface area contributed by atoms with E-state index in [-0.39, 0.29) is 36.5 Å². The van der Waals surface area contributed by atoms with Crippen LogP contribution in [0.5, 0.6) is 0 Å². The lowest BCUT2D eigenvalue weighted by Crippen LogP contribution is -2.38. The van der Waals surface area contributed by atoms with Crippen molar-refractivity contribution in [3.05, 3.63) is 35.1 Å². The van der Waals surface area contributed by atoms with Crippen molar-refractivity contribution in [1.29, 1.82) is 0 Å². The first-order chi connectivity index (χ1) is 9.17. The molecule has 0 unspecified atom stereocenters. The molecule has 0 fully saturated rings. The smallest absolute Gasteiger partial charge is 0.190 e. The number of nitrogens with zero attached hydrogens (tertiary/aromatic N) is 1. The molecule has 0 atom stereocenters. The zero-order chi connectivity index (χ0) is 14.1. The molecule has 0 bridgehead atoms. The van der Waals surface area contributed by atoms with Crippen molar-refractivity contribution in [2.45, 2.75) is 19.8 Å². The minimum absolute atomic E-state index is 0. The Morgan fingerprint density at radius 1 is 1.25 bits per heavy atom. The maximum Gasteiger partial charge on any atom is 0.190 e. The third-order valence-electron chi connectivity index (χ3n) is 2.82. The number of aliphatic imine (C=N–C) groups is 1. The molecule has 0 aromatic heterocycles. The van der Waals surface area contributed by atoms with Gasteiger partial charge < -0.3 is 10.6 Å². The minimum atomic E-state index is -0.335. The second kappa shape index (κ2) is 10.8. The zero-order valence-electron chi connectivity index (χ0n) is 11.9. The van der Waals surface area contributed by atoms with Gasteiger partial charge in [0.2, 0.25) is 0 Å². The molecule has 0 radical (unpaired) electrons. The highest BCUT2D eigenvalue weighted by Gasteiger charge is 2.01. The van der Waals surface area contributed by atoms with E-state index in [1.54, 1.807) is 13.1 Å². The molecular formula is C14H22F2IN3. The zero-order valence-corrected chi connectivity index (χ0v) is 14.2. The number of rotatable bonds is 6. The van der Waals surface area contributed by atoms with Crippen LogP contribution in [0.15, 0.2) is 23.2 Å². The average molecular weight is 397 g/mol. The van der Waals surface area contributed by atoms with E-state index in [2.05, 4.69) is 15.6 Å². The molecule has 0 aliphatic rings. The van der Waals surface area contributed by atoms with Gasteiger partial charge in [-0.1, -0.05) is 6.07 Å². The number of guanidine groups is 1. The van der Waals surface area contributed by atoms with Crippen LogP contribution in [0.25, 0.3) is 0 Å². The first-order valence-corrected chi connectivity index (χ1v) is 6.43. The van der Waals surface area contributed by atoms with E-state index < -0.39 is 0 Å². The summed E-state index contributed by atoms with van der Waals surface area (Å²) in [6.07, 6.45) is 1.26. The molecule has 1 aromatic rings. The number of halogens is 3. The lowest BCUT2D eigenvalue weighted by molar-refractivity contribution is 0.470. The standard InChI is InChI=1S/C14H21F2N3.HI/c1-11-10-13(16)5-4-12(11)6-9-19-14(17-2)18-8-3-7-15;/h4-5,10H,3,6-9H2,1-2H3,(H2,17,18,19);1H. The van der Waals surface area contributed by atoms with Crippen LogP contribution in [0.2, 0.25) is 0 Å². The van der Waals surface area contributed by atoms with Crippen molar-refractivity contribution in [3.63, 3.8) is 0 Å². The largest absolute Gasteiger partial charge is 0.356 e. The summed E-state index contributed by atoms with van der Waals surface area (Å²) in [7, 11) is 1.67. The van der Waals surface area contributed by atoms with Crippen molar-refractivity contribution in [1.82, 2.24) is 10.6 Å². The predicted molar refractivity (Wildman–Crippen MR) is 90.2 cm³/mol. The van der Waals surface area contributed by atoms with Gasteiger partial charge in [0.15, 0.2) is 5.96 Å². The molecule has 0 spiro atoms. The molecule has 1 aromatic carbocycles. The van der Waals surface area contributed by atoms with Gasteiger partial charge >= 0.3 is 0 Å². The molecular weight excluding hydrogens is 375 g/mol. The van der Waals surface area contributed by atoms with Gasteiger partial charge in [0.25, 0.3) is 0 Å². The van der Waals surface area contributed by atoms with Crippen LogP contribution in [-0.2, 0) is 6.42 Å². The number of nitrogens with one attached hydrogen (secondary N) is 2. The summed E-state index contributed by atoms with van der Waals surface area (Å²) in [5.74, 6) is 0.450. The van der Waals surface area contributed by atoms with Gasteiger partial charge in [-0.25, -0.2) is 4.39 Å². The van der Waals surface area contributed by atoms with Crippen LogP contribution in [0, 0.1) is 12.7 Å². The molecule has 114 valence electrons. The monoisotopic (exact) mass is 397 g/mol. The Balaban J connectivity index is 0.00000361. The molecule has 20 heavy (non-hydrogen) atoms. The topological polar surface area (TPSA) is 36.4 Å². The van der Waals surface area contributed by atoms with Crippen molar-refractivity contribution in [2.75, 3.05) is 26.8 Å². The third kappa shape index (κ3) is 7.02. The van der Waals surface area contributed by atoms with Crippen LogP contribution in [-0.4, -0.2) is 32.8 Å². The van der Waals surface area contributed by atoms with Crippen LogP contribution in [0.1, 0.15) is 17.5 Å². The molecule has 0 saturated heterocycles. The fourth-order valence-corrected chi connectivity index (χ4v) is 1.75. The maximum absolute atomic E-state index is 13.0. The molecule has 0 amide bonds. The summed E-state index contributed by atoms with van der Waals surface area (Å²) in [5.41, 5.74) is 2.05. The summed E-state index contributed by atoms with van der Waals surface area (Å²) in [4.78, 5) is 4.04. The first kappa shape index (κ1) is 19.1. The summed E-state index contributed by atoms with van der Waals surface area (Å²) in [6, 6.07) is 4.80. The fourth-order valence-electron chi connectivity index (χ4n) is 1.75. The second-order valence-corrected chi connectivity index (χ2v) is 4.29. The Hall–Kier alpha value is -0.920. The third-order valence-corrected chi connectivity index (χ3v) is 2.82. The number of hydrogen-bond acceptors (Lipinski definition) is 1. The highest BCUT2D eigenvalue weighted by molar-refractivity contribution is 14.0. The van der Waals surface area contributed by atoms with E-state index in [1.807, 2.05) is 6.92 Å². The maximum atomic E-state index is 13.0. The van der Waals surface area contributed by atoms with Crippen molar-refractivity contribution < 1.29 is 8.78 Å². The van der Waals surface area contributed by atoms with Gasteiger partial charge in [-0.05, 0) is 43.0 Å². The highest BCUT2D eigenvalue weighted by Crippen LogP contribution is 2.10. The Bertz CT molecular complexity index is 425. The second-order valence-electron chi connectivity index (χ2n) is 4.29. The van der Waals surface area contributed by atoms with E-state index >= 15 is 0 Å². The van der Waals surface area contributed by atoms with Gasteiger partial charge in [-0.2, -0.15) is 0 Å². The number of aryl methyl sites for hydroxylation is 1. The number of alkyl halides is 1. The van der Waals surface area contributed by atoms with E-state index in [0.29, 0.717) is 25.5 Å². The lowest BCUT2D eigenvalue weighted by atomic mass is 10.1. The molecule has 0 saturated carbocycles. The molecule has 0 heterocycles. The average Bonchev–Trinajstić information content (AvgIpc) is 2.39. The molecule has 1 rings (SSSR count). The van der Waals surface area contributed by atoms with Crippen LogP contribution < -0.4 is 10.6 Å². The van der Waals surface area contributed by atoms with Crippen molar-refractivity contribution >= 4 is 29.9 Å². The summed E-state index contributed by atoms with van der Waals surface area (Å²) in [5, 5.41) is 6.16. The molecule has 0 aliphatic carbocycles. The van der Waals surface area contributed by atoms with Gasteiger partial charge in [0.1, 0.15) is 5.82 Å². The van der Waals surface area contributed by atoms with E-state index in [9.17, 15) is 8.78 Å². The Labute approximate surface area is 136 Å². The van der Waals surface area contributed by atoms with Crippen LogP contribution in [0.4, 0.5) is 8.78 Å². The Morgan fingerprint density at radius 3 is 2.55 bits per heavy atom. The van der Waals surface area contributed by atoms with Crippen molar-refractivity contribution in [2.24, 2.45) is 4.99 Å². The van der Waals surface area contributed by atoms with Gasteiger partial charge in [-0.3, -0.25) is 9.38 Å². The van der Waals surface area contributed by atoms with E-state index in [4.69, 9.17) is 0 Å². The molecule has 6 heteroatoms. The lowest BCUT2D eigenvalue weighted by Gasteiger charge is -2.12. The summed E-state index contributed by atoms with van der Waals surface area (Å²) < 4.78 is 24.9. The van der Waals surface area contributed by atoms with Crippen LogP contribution >= 0.6 is 24.0 Å². The summed E-state index contributed by atoms with van der Waals surface area (Å²) in [6.45, 7) is 2.82. The van der Waals surface area contributed by atoms with Gasteiger partial charge in [-0.15, -0.1) is 24.0 Å². The highest BCUT2D eigenvalue weighted by atomic mass is 127. The summed E-state index contributed by atoms with van der Waals surface area (Å²) >= 11 is 0. The number of hydrogen-bond donors (Lipinski definition) is 2. The van der Waals surface area contributed by atoms with Gasteiger partial charge in [0.05, 0.1) is 6.67 Å². The van der Waals surface area contributed by atoms with Crippen LogP contribution in [0.3, 0.4) is 0 Å². The molecule has 2 N–H and O–H groups in total. The van der Waals surface area contributed by atoms with Crippen molar-refractivity contribution in [3.8, 4) is 0 Å².